The summed E-state index contributed by atoms with van der Waals surface area (Å²) >= 11 is 0. The van der Waals surface area contributed by atoms with Crippen molar-refractivity contribution in [2.75, 3.05) is 18.0 Å². The number of rotatable bonds is 4. The lowest BCUT2D eigenvalue weighted by atomic mass is 10.1. The van der Waals surface area contributed by atoms with Crippen molar-refractivity contribution in [1.29, 1.82) is 0 Å². The van der Waals surface area contributed by atoms with Gasteiger partial charge in [0, 0.05) is 31.3 Å². The van der Waals surface area contributed by atoms with Crippen LogP contribution in [0.3, 0.4) is 0 Å². The number of oxazole rings is 1. The van der Waals surface area contributed by atoms with E-state index in [4.69, 9.17) is 4.42 Å². The lowest BCUT2D eigenvalue weighted by Crippen LogP contribution is -2.20. The first-order valence-corrected chi connectivity index (χ1v) is 8.40. The Kier molecular flexibility index (Phi) is 4.17. The van der Waals surface area contributed by atoms with Crippen LogP contribution in [0.5, 0.6) is 0 Å². The van der Waals surface area contributed by atoms with Crippen LogP contribution >= 0.6 is 0 Å². The van der Waals surface area contributed by atoms with E-state index in [-0.39, 0.29) is 11.7 Å². The van der Waals surface area contributed by atoms with Crippen molar-refractivity contribution in [3.05, 3.63) is 71.6 Å². The highest BCUT2D eigenvalue weighted by Crippen LogP contribution is 2.30. The molecule has 1 aromatic carbocycles. The third kappa shape index (κ3) is 3.52. The van der Waals surface area contributed by atoms with Crippen molar-refractivity contribution < 1.29 is 8.81 Å². The van der Waals surface area contributed by atoms with Crippen molar-refractivity contribution in [1.82, 2.24) is 15.0 Å². The monoisotopic (exact) mass is 338 g/mol. The highest BCUT2D eigenvalue weighted by molar-refractivity contribution is 5.40. The third-order valence-corrected chi connectivity index (χ3v) is 4.49. The fourth-order valence-electron chi connectivity index (χ4n) is 3.22. The minimum atomic E-state index is -0.233. The molecule has 4 rings (SSSR count). The molecule has 1 aliphatic rings. The number of hydrogen-bond acceptors (Lipinski definition) is 5. The number of hydrogen-bond donors (Lipinski definition) is 0. The van der Waals surface area contributed by atoms with Gasteiger partial charge in [0.1, 0.15) is 23.7 Å². The molecule has 0 radical (unpaired) electrons. The molecule has 128 valence electrons. The normalized spacial score (nSPS) is 17.2. The fourth-order valence-corrected chi connectivity index (χ4v) is 3.22. The average molecular weight is 338 g/mol. The molecule has 1 atom stereocenters. The predicted molar refractivity (Wildman–Crippen MR) is 92.0 cm³/mol. The maximum absolute atomic E-state index is 13.3. The molecular formula is C19H19FN4O. The first-order valence-electron chi connectivity index (χ1n) is 8.40. The molecule has 1 fully saturated rings. The van der Waals surface area contributed by atoms with Crippen LogP contribution in [0.4, 0.5) is 10.2 Å². The van der Waals surface area contributed by atoms with Crippen LogP contribution < -0.4 is 4.90 Å². The number of aromatic nitrogens is 3. The summed E-state index contributed by atoms with van der Waals surface area (Å²) in [6, 6.07) is 8.56. The summed E-state index contributed by atoms with van der Waals surface area (Å²) in [5, 5.41) is 0. The van der Waals surface area contributed by atoms with E-state index in [1.807, 2.05) is 19.1 Å². The van der Waals surface area contributed by atoms with Gasteiger partial charge in [-0.3, -0.25) is 0 Å². The number of anilines is 1. The largest absolute Gasteiger partial charge is 0.445 e. The van der Waals surface area contributed by atoms with E-state index in [9.17, 15) is 4.39 Å². The van der Waals surface area contributed by atoms with Gasteiger partial charge >= 0.3 is 0 Å². The van der Waals surface area contributed by atoms with Crippen LogP contribution in [0.2, 0.25) is 0 Å². The van der Waals surface area contributed by atoms with E-state index in [1.54, 1.807) is 18.6 Å². The van der Waals surface area contributed by atoms with E-state index in [0.717, 1.165) is 48.2 Å². The van der Waals surface area contributed by atoms with Crippen molar-refractivity contribution in [2.24, 2.45) is 0 Å². The van der Waals surface area contributed by atoms with Crippen LogP contribution in [-0.2, 0) is 6.42 Å². The lowest BCUT2D eigenvalue weighted by Gasteiger charge is -2.16. The van der Waals surface area contributed by atoms with E-state index in [2.05, 4.69) is 19.9 Å². The molecule has 0 aliphatic carbocycles. The highest BCUT2D eigenvalue weighted by Gasteiger charge is 2.28. The number of aryl methyl sites for hydroxylation is 1. The summed E-state index contributed by atoms with van der Waals surface area (Å²) in [6.45, 7) is 3.71. The van der Waals surface area contributed by atoms with Crippen LogP contribution in [0.1, 0.15) is 35.2 Å². The van der Waals surface area contributed by atoms with Gasteiger partial charge in [0.15, 0.2) is 5.89 Å². The fraction of sp³-hybridized carbons (Fsp3) is 0.316. The zero-order chi connectivity index (χ0) is 17.2. The summed E-state index contributed by atoms with van der Waals surface area (Å²) < 4.78 is 19.2. The van der Waals surface area contributed by atoms with Crippen molar-refractivity contribution >= 4 is 5.82 Å². The molecule has 1 saturated heterocycles. The second-order valence-electron chi connectivity index (χ2n) is 6.42. The molecule has 0 amide bonds. The molecule has 0 bridgehead atoms. The van der Waals surface area contributed by atoms with Crippen LogP contribution in [-0.4, -0.2) is 28.0 Å². The molecular weight excluding hydrogens is 319 g/mol. The molecule has 6 heteroatoms. The highest BCUT2D eigenvalue weighted by atomic mass is 19.1. The van der Waals surface area contributed by atoms with Crippen molar-refractivity contribution in [2.45, 2.75) is 25.7 Å². The molecule has 0 unspecified atom stereocenters. The van der Waals surface area contributed by atoms with Gasteiger partial charge in [-0.1, -0.05) is 12.1 Å². The second kappa shape index (κ2) is 6.63. The van der Waals surface area contributed by atoms with Crippen LogP contribution in [0.15, 0.2) is 47.3 Å². The minimum absolute atomic E-state index is 0.233. The first kappa shape index (κ1) is 15.7. The standard InChI is InChI=1S/C19H19FN4O/c1-13-7-18(23-12-22-13)24-6-5-15(11-24)19-21-10-17(25-19)9-14-3-2-4-16(20)8-14/h2-4,7-8,10,12,15H,5-6,9,11H2,1H3/t15-/m0/s1. The van der Waals surface area contributed by atoms with Gasteiger partial charge in [-0.2, -0.15) is 0 Å². The zero-order valence-electron chi connectivity index (χ0n) is 14.0. The van der Waals surface area contributed by atoms with Gasteiger partial charge in [-0.05, 0) is 31.0 Å². The predicted octanol–water partition coefficient (Wildman–Crippen LogP) is 3.50. The molecule has 0 spiro atoms. The quantitative estimate of drug-likeness (QED) is 0.729. The average Bonchev–Trinajstić information content (AvgIpc) is 3.24. The number of benzene rings is 1. The van der Waals surface area contributed by atoms with Crippen molar-refractivity contribution in [3.63, 3.8) is 0 Å². The van der Waals surface area contributed by atoms with E-state index in [1.165, 1.54) is 12.1 Å². The Labute approximate surface area is 145 Å². The number of halogens is 1. The van der Waals surface area contributed by atoms with Gasteiger partial charge in [0.05, 0.1) is 12.1 Å². The summed E-state index contributed by atoms with van der Waals surface area (Å²) in [4.78, 5) is 15.2. The maximum Gasteiger partial charge on any atom is 0.199 e. The molecule has 25 heavy (non-hydrogen) atoms. The van der Waals surface area contributed by atoms with Gasteiger partial charge in [0.25, 0.3) is 0 Å². The SMILES string of the molecule is Cc1cc(N2CC[C@H](c3ncc(Cc4cccc(F)c4)o3)C2)ncn1. The second-order valence-corrected chi connectivity index (χ2v) is 6.42. The third-order valence-electron chi connectivity index (χ3n) is 4.49. The lowest BCUT2D eigenvalue weighted by molar-refractivity contribution is 0.432. The number of nitrogens with zero attached hydrogens (tertiary/aromatic N) is 4. The van der Waals surface area contributed by atoms with E-state index < -0.39 is 0 Å². The molecule has 1 aliphatic heterocycles. The molecule has 2 aromatic heterocycles. The topological polar surface area (TPSA) is 55.1 Å². The Bertz CT molecular complexity index is 879. The maximum atomic E-state index is 13.3. The van der Waals surface area contributed by atoms with Gasteiger partial charge < -0.3 is 9.32 Å². The summed E-state index contributed by atoms with van der Waals surface area (Å²) in [5.74, 6) is 2.47. The van der Waals surface area contributed by atoms with Gasteiger partial charge in [-0.25, -0.2) is 19.3 Å². The van der Waals surface area contributed by atoms with Crippen LogP contribution in [0.25, 0.3) is 0 Å². The van der Waals surface area contributed by atoms with Crippen molar-refractivity contribution in [3.8, 4) is 0 Å². The Morgan fingerprint density at radius 1 is 1.24 bits per heavy atom. The zero-order valence-corrected chi connectivity index (χ0v) is 14.0. The molecule has 0 saturated carbocycles. The smallest absolute Gasteiger partial charge is 0.199 e. The minimum Gasteiger partial charge on any atom is -0.445 e. The van der Waals surface area contributed by atoms with E-state index >= 15 is 0 Å². The Morgan fingerprint density at radius 2 is 2.16 bits per heavy atom. The van der Waals surface area contributed by atoms with Crippen LogP contribution in [0, 0.1) is 12.7 Å². The summed E-state index contributed by atoms with van der Waals surface area (Å²) in [7, 11) is 0. The first-order chi connectivity index (χ1) is 12.2. The van der Waals surface area contributed by atoms with E-state index in [0.29, 0.717) is 6.42 Å². The summed E-state index contributed by atoms with van der Waals surface area (Å²) in [6.07, 6.45) is 4.87. The Morgan fingerprint density at radius 3 is 3.00 bits per heavy atom. The molecule has 5 nitrogen and oxygen atoms in total. The summed E-state index contributed by atoms with van der Waals surface area (Å²) in [5.41, 5.74) is 1.84. The van der Waals surface area contributed by atoms with Gasteiger partial charge in [0.2, 0.25) is 0 Å². The Hall–Kier alpha value is -2.76. The Balaban J connectivity index is 1.44. The molecule has 0 N–H and O–H groups in total. The molecule has 3 heterocycles. The molecule has 3 aromatic rings. The van der Waals surface area contributed by atoms with Gasteiger partial charge in [-0.15, -0.1) is 0 Å².